The quantitative estimate of drug-likeness (QED) is 0.739. The number of hydrogen-bond acceptors (Lipinski definition) is 4. The summed E-state index contributed by atoms with van der Waals surface area (Å²) in [5, 5.41) is 7.05. The zero-order chi connectivity index (χ0) is 18.7. The van der Waals surface area contributed by atoms with Crippen LogP contribution in [0.25, 0.3) is 0 Å². The van der Waals surface area contributed by atoms with Crippen LogP contribution in [0.1, 0.15) is 31.2 Å². The van der Waals surface area contributed by atoms with E-state index in [0.717, 1.165) is 36.4 Å². The van der Waals surface area contributed by atoms with Crippen LogP contribution in [0.2, 0.25) is 0 Å². The molecule has 0 spiro atoms. The fourth-order valence-electron chi connectivity index (χ4n) is 3.47. The van der Waals surface area contributed by atoms with E-state index in [1.165, 1.54) is 0 Å². The lowest BCUT2D eigenvalue weighted by Crippen LogP contribution is -2.40. The van der Waals surface area contributed by atoms with E-state index in [0.29, 0.717) is 24.2 Å². The second kappa shape index (κ2) is 8.12. The predicted molar refractivity (Wildman–Crippen MR) is 105 cm³/mol. The first-order chi connectivity index (χ1) is 12.6. The molecule has 2 atom stereocenters. The summed E-state index contributed by atoms with van der Waals surface area (Å²) in [6, 6.07) is 6.13. The number of carbonyl (C=O) groups is 1. The van der Waals surface area contributed by atoms with Gasteiger partial charge in [0.25, 0.3) is 0 Å². The summed E-state index contributed by atoms with van der Waals surface area (Å²) in [5.74, 6) is 1.45. The van der Waals surface area contributed by atoms with Gasteiger partial charge >= 0.3 is 0 Å². The van der Waals surface area contributed by atoms with E-state index < -0.39 is 0 Å². The van der Waals surface area contributed by atoms with E-state index in [9.17, 15) is 4.79 Å². The van der Waals surface area contributed by atoms with Crippen molar-refractivity contribution < 1.29 is 14.3 Å². The number of benzene rings is 1. The largest absolute Gasteiger partial charge is 0.497 e. The van der Waals surface area contributed by atoms with Crippen molar-refractivity contribution in [1.29, 1.82) is 0 Å². The fourth-order valence-corrected chi connectivity index (χ4v) is 3.77. The second-order valence-electron chi connectivity index (χ2n) is 6.84. The first-order valence-electron chi connectivity index (χ1n) is 9.12. The van der Waals surface area contributed by atoms with Gasteiger partial charge in [-0.2, -0.15) is 0 Å². The minimum absolute atomic E-state index is 0.0196. The molecule has 2 N–H and O–H groups in total. The van der Waals surface area contributed by atoms with Crippen LogP contribution >= 0.6 is 12.2 Å². The van der Waals surface area contributed by atoms with Crippen molar-refractivity contribution in [2.45, 2.75) is 31.7 Å². The zero-order valence-electron chi connectivity index (χ0n) is 15.6. The van der Waals surface area contributed by atoms with Gasteiger partial charge in [-0.05, 0) is 38.0 Å². The molecule has 142 valence electrons. The summed E-state index contributed by atoms with van der Waals surface area (Å²) in [5.41, 5.74) is 1.02. The maximum Gasteiger partial charge on any atom is 0.225 e. The van der Waals surface area contributed by atoms with Gasteiger partial charge in [0.15, 0.2) is 5.11 Å². The van der Waals surface area contributed by atoms with E-state index in [1.807, 2.05) is 25.1 Å². The summed E-state index contributed by atoms with van der Waals surface area (Å²) < 4.78 is 10.9. The van der Waals surface area contributed by atoms with Gasteiger partial charge in [-0.1, -0.05) is 6.07 Å². The lowest BCUT2D eigenvalue weighted by molar-refractivity contribution is -0.125. The van der Waals surface area contributed by atoms with Crippen LogP contribution < -0.4 is 20.1 Å². The molecule has 2 aliphatic rings. The highest BCUT2D eigenvalue weighted by atomic mass is 32.1. The maximum atomic E-state index is 12.9. The summed E-state index contributed by atoms with van der Waals surface area (Å²) in [6.07, 6.45) is 2.16. The van der Waals surface area contributed by atoms with Crippen molar-refractivity contribution in [3.8, 4) is 11.5 Å². The van der Waals surface area contributed by atoms with Crippen molar-refractivity contribution >= 4 is 23.2 Å². The number of thiocarbonyl (C=S) groups is 1. The molecule has 1 aromatic rings. The lowest BCUT2D eigenvalue weighted by Gasteiger charge is -2.21. The molecule has 3 rings (SSSR count). The smallest absolute Gasteiger partial charge is 0.225 e. The molecule has 1 saturated carbocycles. The van der Waals surface area contributed by atoms with Crippen LogP contribution in [0.4, 0.5) is 0 Å². The first-order valence-corrected chi connectivity index (χ1v) is 9.53. The van der Waals surface area contributed by atoms with Crippen molar-refractivity contribution in [3.05, 3.63) is 23.8 Å². The number of ether oxygens (including phenoxy) is 2. The summed E-state index contributed by atoms with van der Waals surface area (Å²) in [6.45, 7) is 4.09. The number of nitrogens with zero attached hydrogens (tertiary/aromatic N) is 1. The highest BCUT2D eigenvalue weighted by molar-refractivity contribution is 7.80. The van der Waals surface area contributed by atoms with Gasteiger partial charge in [0.2, 0.25) is 5.91 Å². The molecule has 1 aromatic carbocycles. The lowest BCUT2D eigenvalue weighted by atomic mass is 9.87. The van der Waals surface area contributed by atoms with E-state index in [1.54, 1.807) is 14.2 Å². The standard InChI is InChI=1S/C19H27N3O3S/c1-4-20-19(26)22-10-15(16(11-22)18(23)21-12-5-6-12)14-8-7-13(24-2)9-17(14)25-3/h7-9,12,15-16H,4-6,10-11H2,1-3H3,(H,20,26)(H,21,23)/t15-,16-/m0/s1. The molecule has 0 bridgehead atoms. The molecule has 1 amide bonds. The molecule has 0 radical (unpaired) electrons. The van der Waals surface area contributed by atoms with E-state index in [4.69, 9.17) is 21.7 Å². The molecule has 0 aromatic heterocycles. The minimum atomic E-state index is -0.158. The average Bonchev–Trinajstić information content (AvgIpc) is 3.35. The first kappa shape index (κ1) is 18.8. The molecule has 1 aliphatic heterocycles. The number of likely N-dealkylation sites (tertiary alicyclic amines) is 1. The van der Waals surface area contributed by atoms with Gasteiger partial charge in [0, 0.05) is 43.2 Å². The highest BCUT2D eigenvalue weighted by Gasteiger charge is 2.42. The van der Waals surface area contributed by atoms with Gasteiger partial charge in [0.1, 0.15) is 11.5 Å². The van der Waals surface area contributed by atoms with Crippen LogP contribution in [0.15, 0.2) is 18.2 Å². The third-order valence-electron chi connectivity index (χ3n) is 5.04. The van der Waals surface area contributed by atoms with Gasteiger partial charge in [-0.3, -0.25) is 4.79 Å². The Kier molecular flexibility index (Phi) is 5.86. The number of methoxy groups -OCH3 is 2. The molecular formula is C19H27N3O3S. The summed E-state index contributed by atoms with van der Waals surface area (Å²) in [4.78, 5) is 14.9. The Balaban J connectivity index is 1.87. The van der Waals surface area contributed by atoms with Gasteiger partial charge < -0.3 is 25.0 Å². The fraction of sp³-hybridized carbons (Fsp3) is 0.579. The van der Waals surface area contributed by atoms with Gasteiger partial charge in [-0.25, -0.2) is 0 Å². The summed E-state index contributed by atoms with van der Waals surface area (Å²) in [7, 11) is 3.28. The number of carbonyl (C=O) groups excluding carboxylic acids is 1. The third-order valence-corrected chi connectivity index (χ3v) is 5.44. The Morgan fingerprint density at radius 3 is 2.65 bits per heavy atom. The van der Waals surface area contributed by atoms with Crippen molar-refractivity contribution in [2.24, 2.45) is 5.92 Å². The Bertz CT molecular complexity index is 678. The van der Waals surface area contributed by atoms with Crippen LogP contribution in [-0.2, 0) is 4.79 Å². The number of rotatable bonds is 6. The van der Waals surface area contributed by atoms with Gasteiger partial charge in [0.05, 0.1) is 20.1 Å². The van der Waals surface area contributed by atoms with Crippen molar-refractivity contribution in [2.75, 3.05) is 33.9 Å². The van der Waals surface area contributed by atoms with Crippen LogP contribution in [0, 0.1) is 5.92 Å². The van der Waals surface area contributed by atoms with E-state index in [-0.39, 0.29) is 17.7 Å². The Morgan fingerprint density at radius 2 is 2.04 bits per heavy atom. The molecule has 0 unspecified atom stereocenters. The SMILES string of the molecule is CCNC(=S)N1C[C@H](C(=O)NC2CC2)[C@H](c2ccc(OC)cc2OC)C1. The molecule has 1 heterocycles. The molecule has 26 heavy (non-hydrogen) atoms. The second-order valence-corrected chi connectivity index (χ2v) is 7.23. The normalized spacial score (nSPS) is 22.0. The Hall–Kier alpha value is -2.02. The molecule has 1 aliphatic carbocycles. The third kappa shape index (κ3) is 4.03. The average molecular weight is 378 g/mol. The molecule has 6 nitrogen and oxygen atoms in total. The molecule has 1 saturated heterocycles. The zero-order valence-corrected chi connectivity index (χ0v) is 16.4. The van der Waals surface area contributed by atoms with Crippen molar-refractivity contribution in [3.63, 3.8) is 0 Å². The van der Waals surface area contributed by atoms with Gasteiger partial charge in [-0.15, -0.1) is 0 Å². The number of amides is 1. The van der Waals surface area contributed by atoms with E-state index >= 15 is 0 Å². The minimum Gasteiger partial charge on any atom is -0.497 e. The highest BCUT2D eigenvalue weighted by Crippen LogP contribution is 2.39. The number of nitrogens with one attached hydrogen (secondary N) is 2. The van der Waals surface area contributed by atoms with Crippen LogP contribution in [0.3, 0.4) is 0 Å². The molecule has 7 heteroatoms. The predicted octanol–water partition coefficient (Wildman–Crippen LogP) is 1.89. The van der Waals surface area contributed by atoms with Crippen LogP contribution in [-0.4, -0.2) is 55.8 Å². The maximum absolute atomic E-state index is 12.9. The molecular weight excluding hydrogens is 350 g/mol. The summed E-state index contributed by atoms with van der Waals surface area (Å²) >= 11 is 5.49. The van der Waals surface area contributed by atoms with Crippen LogP contribution in [0.5, 0.6) is 11.5 Å². The topological polar surface area (TPSA) is 62.8 Å². The molecule has 2 fully saturated rings. The Labute approximate surface area is 160 Å². The monoisotopic (exact) mass is 377 g/mol. The Morgan fingerprint density at radius 1 is 1.27 bits per heavy atom. The van der Waals surface area contributed by atoms with E-state index in [2.05, 4.69) is 15.5 Å². The number of hydrogen-bond donors (Lipinski definition) is 2. The van der Waals surface area contributed by atoms with Crippen molar-refractivity contribution in [1.82, 2.24) is 15.5 Å².